The Morgan fingerprint density at radius 1 is 0.593 bits per heavy atom. The molecule has 0 amide bonds. The molecule has 54 heavy (non-hydrogen) atoms. The number of aliphatic hydroxyl groups excluding tert-OH is 5. The average molecular weight is 789 g/mol. The van der Waals surface area contributed by atoms with Crippen LogP contribution >= 0.6 is 7.82 Å². The first kappa shape index (κ1) is 49.8. The lowest BCUT2D eigenvalue weighted by Crippen LogP contribution is -2.64. The number of esters is 2. The molecule has 1 saturated carbocycles. The smallest absolute Gasteiger partial charge is 0.462 e. The normalized spacial score (nSPS) is 23.8. The molecule has 1 aliphatic rings. The molecule has 13 nitrogen and oxygen atoms in total. The largest absolute Gasteiger partial charge is 0.472 e. The van der Waals surface area contributed by atoms with Gasteiger partial charge in [0.1, 0.15) is 43.2 Å². The summed E-state index contributed by atoms with van der Waals surface area (Å²) in [6.45, 7) is 3.07. The maximum atomic E-state index is 12.7. The first-order valence-corrected chi connectivity index (χ1v) is 21.5. The minimum atomic E-state index is -5.12. The number of allylic oxidation sites excluding steroid dienone is 8. The molecule has 0 saturated heterocycles. The highest BCUT2D eigenvalue weighted by atomic mass is 31.2. The van der Waals surface area contributed by atoms with Crippen LogP contribution in [0.5, 0.6) is 0 Å². The first-order chi connectivity index (χ1) is 25.9. The van der Waals surface area contributed by atoms with Gasteiger partial charge in [0, 0.05) is 12.8 Å². The van der Waals surface area contributed by atoms with Crippen molar-refractivity contribution in [2.24, 2.45) is 0 Å². The number of phosphoric acid groups is 1. The molecule has 0 radical (unpaired) electrons. The Labute approximate surface area is 322 Å². The standard InChI is InChI=1S/C40H69O13P/c1-3-5-7-9-11-13-15-17-19-21-23-25-27-29-34(42)52-32(30-50-33(41)28-26-24-22-20-18-16-14-12-10-8-6-4-2)31-51-54(48,49)53-40-38(46)36(44)35(43)37(45)39(40)47/h5,7,9,11-15,32,35-40,43-47H,3-4,6,8,10,16-31H2,1-2H3,(H,48,49)/b7-5+,11-9+,14-12+,15-13+/t32?,35?,36-,37?,38?,39?,40?/m1/s1. The van der Waals surface area contributed by atoms with Gasteiger partial charge in [-0.25, -0.2) is 4.57 Å². The predicted octanol–water partition coefficient (Wildman–Crippen LogP) is 6.44. The second-order valence-electron chi connectivity index (χ2n) is 13.8. The number of phosphoric ester groups is 1. The van der Waals surface area contributed by atoms with E-state index in [-0.39, 0.29) is 12.8 Å². The van der Waals surface area contributed by atoms with Gasteiger partial charge in [-0.15, -0.1) is 0 Å². The van der Waals surface area contributed by atoms with Gasteiger partial charge < -0.3 is 39.9 Å². The van der Waals surface area contributed by atoms with E-state index in [2.05, 4.69) is 38.2 Å². The summed E-state index contributed by atoms with van der Waals surface area (Å²) in [5, 5.41) is 49.9. The second kappa shape index (κ2) is 31.0. The first-order valence-electron chi connectivity index (χ1n) is 20.0. The highest BCUT2D eigenvalue weighted by Crippen LogP contribution is 2.47. The quantitative estimate of drug-likeness (QED) is 0.0147. The van der Waals surface area contributed by atoms with E-state index in [0.29, 0.717) is 12.8 Å². The Hall–Kier alpha value is -2.19. The van der Waals surface area contributed by atoms with Crippen LogP contribution in [0.25, 0.3) is 0 Å². The number of carbonyl (C=O) groups is 2. The van der Waals surface area contributed by atoms with Gasteiger partial charge in [-0.05, 0) is 57.8 Å². The Balaban J connectivity index is 2.56. The lowest BCUT2D eigenvalue weighted by Gasteiger charge is -2.41. The molecule has 1 rings (SSSR count). The minimum Gasteiger partial charge on any atom is -0.462 e. The lowest BCUT2D eigenvalue weighted by atomic mass is 9.85. The maximum Gasteiger partial charge on any atom is 0.472 e. The molecule has 8 atom stereocenters. The summed E-state index contributed by atoms with van der Waals surface area (Å²) in [4.78, 5) is 35.5. The van der Waals surface area contributed by atoms with E-state index >= 15 is 0 Å². The Kier molecular flexibility index (Phi) is 28.6. The van der Waals surface area contributed by atoms with Gasteiger partial charge in [-0.1, -0.05) is 114 Å². The van der Waals surface area contributed by atoms with Crippen LogP contribution in [-0.4, -0.2) is 98.3 Å². The van der Waals surface area contributed by atoms with Crippen molar-refractivity contribution in [2.45, 2.75) is 179 Å². The molecule has 6 N–H and O–H groups in total. The number of ether oxygens (including phenoxy) is 2. The predicted molar refractivity (Wildman–Crippen MR) is 207 cm³/mol. The van der Waals surface area contributed by atoms with Crippen molar-refractivity contribution < 1.29 is 63.1 Å². The number of unbranched alkanes of at least 4 members (excludes halogenated alkanes) is 13. The maximum absolute atomic E-state index is 12.7. The fraction of sp³-hybridized carbons (Fsp3) is 0.750. The second-order valence-corrected chi connectivity index (χ2v) is 15.2. The van der Waals surface area contributed by atoms with Crippen molar-refractivity contribution in [1.82, 2.24) is 0 Å². The molecular formula is C40H69O13P. The molecular weight excluding hydrogens is 719 g/mol. The molecule has 0 aromatic heterocycles. The van der Waals surface area contributed by atoms with Crippen LogP contribution in [0.1, 0.15) is 136 Å². The van der Waals surface area contributed by atoms with Crippen LogP contribution < -0.4 is 0 Å². The van der Waals surface area contributed by atoms with E-state index in [4.69, 9.17) is 18.5 Å². The van der Waals surface area contributed by atoms with Crippen molar-refractivity contribution in [3.05, 3.63) is 48.6 Å². The van der Waals surface area contributed by atoms with Crippen molar-refractivity contribution in [3.63, 3.8) is 0 Å². The van der Waals surface area contributed by atoms with Gasteiger partial charge in [0.05, 0.1) is 6.61 Å². The summed E-state index contributed by atoms with van der Waals surface area (Å²) < 4.78 is 33.3. The molecule has 1 aliphatic carbocycles. The van der Waals surface area contributed by atoms with Crippen LogP contribution in [0.4, 0.5) is 0 Å². The third-order valence-electron chi connectivity index (χ3n) is 8.97. The summed E-state index contributed by atoms with van der Waals surface area (Å²) in [5.74, 6) is -1.14. The SMILES string of the molecule is CC/C=C/C=C/C=C/CCCCCCCC(=O)OC(COC(=O)CCCCCCC/C=C/CCCCC)COP(=O)(O)OC1C(O)C(O)C(O)[C@@H](O)C1O. The van der Waals surface area contributed by atoms with Gasteiger partial charge >= 0.3 is 19.8 Å². The highest BCUT2D eigenvalue weighted by molar-refractivity contribution is 7.47. The molecule has 0 aromatic rings. The summed E-state index contributed by atoms with van der Waals surface area (Å²) in [7, 11) is -5.12. The van der Waals surface area contributed by atoms with E-state index in [9.17, 15) is 44.6 Å². The summed E-state index contributed by atoms with van der Waals surface area (Å²) >= 11 is 0. The fourth-order valence-electron chi connectivity index (χ4n) is 5.69. The zero-order valence-corrected chi connectivity index (χ0v) is 33.4. The molecule has 14 heteroatoms. The zero-order valence-electron chi connectivity index (χ0n) is 32.5. The highest BCUT2D eigenvalue weighted by Gasteiger charge is 2.51. The van der Waals surface area contributed by atoms with Crippen molar-refractivity contribution in [3.8, 4) is 0 Å². The monoisotopic (exact) mass is 788 g/mol. The van der Waals surface area contributed by atoms with Gasteiger partial charge in [-0.2, -0.15) is 0 Å². The minimum absolute atomic E-state index is 0.0704. The van der Waals surface area contributed by atoms with Crippen molar-refractivity contribution >= 4 is 19.8 Å². The van der Waals surface area contributed by atoms with E-state index in [0.717, 1.165) is 77.0 Å². The molecule has 1 fully saturated rings. The molecule has 312 valence electrons. The van der Waals surface area contributed by atoms with Gasteiger partial charge in [-0.3, -0.25) is 18.6 Å². The number of hydrogen-bond acceptors (Lipinski definition) is 12. The number of carbonyl (C=O) groups excluding carboxylic acids is 2. The summed E-state index contributed by atoms with van der Waals surface area (Å²) in [6.07, 6.45) is 20.4. The van der Waals surface area contributed by atoms with Crippen molar-refractivity contribution in [2.75, 3.05) is 13.2 Å². The summed E-state index contributed by atoms with van der Waals surface area (Å²) in [5.41, 5.74) is 0. The fourth-order valence-corrected chi connectivity index (χ4v) is 6.66. The van der Waals surface area contributed by atoms with Crippen LogP contribution in [0.15, 0.2) is 48.6 Å². The molecule has 7 unspecified atom stereocenters. The van der Waals surface area contributed by atoms with E-state index in [1.165, 1.54) is 19.3 Å². The topological polar surface area (TPSA) is 210 Å². The Morgan fingerprint density at radius 3 is 1.65 bits per heavy atom. The molecule has 0 spiro atoms. The van der Waals surface area contributed by atoms with Crippen LogP contribution in [-0.2, 0) is 32.7 Å². The molecule has 0 aromatic carbocycles. The zero-order chi connectivity index (χ0) is 40.0. The van der Waals surface area contributed by atoms with Crippen LogP contribution in [0, 0.1) is 0 Å². The summed E-state index contributed by atoms with van der Waals surface area (Å²) in [6, 6.07) is 0. The Bertz CT molecular complexity index is 1140. The molecule has 0 aliphatic heterocycles. The third-order valence-corrected chi connectivity index (χ3v) is 9.95. The Morgan fingerprint density at radius 2 is 1.07 bits per heavy atom. The number of hydrogen-bond donors (Lipinski definition) is 6. The van der Waals surface area contributed by atoms with Gasteiger partial charge in [0.2, 0.25) is 0 Å². The average Bonchev–Trinajstić information content (AvgIpc) is 3.15. The third kappa shape index (κ3) is 23.7. The molecule has 0 bridgehead atoms. The van der Waals surface area contributed by atoms with Crippen LogP contribution in [0.2, 0.25) is 0 Å². The number of aliphatic hydroxyl groups is 5. The van der Waals surface area contributed by atoms with E-state index < -0.39 is 75.7 Å². The van der Waals surface area contributed by atoms with E-state index in [1.54, 1.807) is 0 Å². The lowest BCUT2D eigenvalue weighted by molar-refractivity contribution is -0.220. The van der Waals surface area contributed by atoms with Crippen molar-refractivity contribution in [1.29, 1.82) is 0 Å². The van der Waals surface area contributed by atoms with Gasteiger partial charge in [0.25, 0.3) is 0 Å². The van der Waals surface area contributed by atoms with Gasteiger partial charge in [0.15, 0.2) is 6.10 Å². The van der Waals surface area contributed by atoms with E-state index in [1.807, 2.05) is 24.3 Å². The number of rotatable bonds is 31. The molecule has 0 heterocycles. The van der Waals surface area contributed by atoms with Crippen LogP contribution in [0.3, 0.4) is 0 Å².